The van der Waals surface area contributed by atoms with Gasteiger partial charge in [-0.25, -0.2) is 14.4 Å². The van der Waals surface area contributed by atoms with Crippen molar-refractivity contribution >= 4 is 30.1 Å². The summed E-state index contributed by atoms with van der Waals surface area (Å²) in [6, 6.07) is 8.94. The predicted octanol–water partition coefficient (Wildman–Crippen LogP) is 2.12. The van der Waals surface area contributed by atoms with Gasteiger partial charge in [0, 0.05) is 25.0 Å². The van der Waals surface area contributed by atoms with E-state index in [9.17, 15) is 29.7 Å². The Balaban J connectivity index is 1.47. The van der Waals surface area contributed by atoms with Crippen molar-refractivity contribution in [3.05, 3.63) is 59.7 Å². The van der Waals surface area contributed by atoms with Gasteiger partial charge in [-0.2, -0.15) is 0 Å². The Morgan fingerprint density at radius 3 is 1.95 bits per heavy atom. The number of carbonyl (C=O) groups excluding carboxylic acids is 3. The zero-order valence-corrected chi connectivity index (χ0v) is 20.5. The van der Waals surface area contributed by atoms with E-state index in [0.29, 0.717) is 11.1 Å². The molecule has 2 bridgehead atoms. The van der Waals surface area contributed by atoms with E-state index in [-0.39, 0.29) is 35.8 Å². The smallest absolute Gasteiger partial charge is 0.338 e. The van der Waals surface area contributed by atoms with Crippen LogP contribution in [0, 0.1) is 0 Å². The third-order valence-electron chi connectivity index (χ3n) is 6.20. The fourth-order valence-corrected chi connectivity index (χ4v) is 4.29. The summed E-state index contributed by atoms with van der Waals surface area (Å²) in [4.78, 5) is 37.4. The SMILES string of the molecule is COc1cc(/C=C\C(=O)OC2C(OC(=O)/C=C/c3ccc(O)c(OC)c3)CC3(O)CC2OC3=O)ccc1O. The number of phenolic OH excluding ortho intramolecular Hbond substituents is 2. The van der Waals surface area contributed by atoms with Crippen molar-refractivity contribution in [1.82, 2.24) is 0 Å². The number of esters is 3. The lowest BCUT2D eigenvalue weighted by Crippen LogP contribution is -2.51. The van der Waals surface area contributed by atoms with E-state index < -0.39 is 41.8 Å². The number of hydrogen-bond acceptors (Lipinski definition) is 11. The standard InChI is InChI=1S/C27H26O11/c1-34-19-11-15(3-7-17(19)28)5-9-23(30)36-21-13-27(33)14-22(37-26(27)32)25(21)38-24(31)10-6-16-4-8-18(29)20(12-16)35-2/h3-12,21-22,25,28-29,33H,13-14H2,1-2H3/b9-5+,10-6-. The van der Waals surface area contributed by atoms with E-state index in [4.69, 9.17) is 23.7 Å². The number of ether oxygens (including phenoxy) is 5. The van der Waals surface area contributed by atoms with Gasteiger partial charge in [0.25, 0.3) is 0 Å². The van der Waals surface area contributed by atoms with Gasteiger partial charge in [0.05, 0.1) is 14.2 Å². The molecule has 1 heterocycles. The minimum Gasteiger partial charge on any atom is -0.504 e. The van der Waals surface area contributed by atoms with Gasteiger partial charge in [-0.1, -0.05) is 12.1 Å². The van der Waals surface area contributed by atoms with Crippen LogP contribution in [0.1, 0.15) is 24.0 Å². The molecule has 0 radical (unpaired) electrons. The maximum absolute atomic E-state index is 12.6. The first-order chi connectivity index (χ1) is 18.1. The van der Waals surface area contributed by atoms with Gasteiger partial charge in [0.1, 0.15) is 12.2 Å². The number of phenols is 2. The molecule has 1 aliphatic heterocycles. The zero-order valence-electron chi connectivity index (χ0n) is 20.5. The Kier molecular flexibility index (Phi) is 7.58. The highest BCUT2D eigenvalue weighted by atomic mass is 16.6. The molecule has 4 atom stereocenters. The first kappa shape index (κ1) is 26.6. The van der Waals surface area contributed by atoms with Gasteiger partial charge < -0.3 is 39.0 Å². The zero-order chi connectivity index (χ0) is 27.4. The van der Waals surface area contributed by atoms with Crippen LogP contribution in [0.2, 0.25) is 0 Å². The number of benzene rings is 2. The second-order valence-electron chi connectivity index (χ2n) is 8.79. The average Bonchev–Trinajstić information content (AvgIpc) is 3.14. The fourth-order valence-electron chi connectivity index (χ4n) is 4.29. The molecule has 4 rings (SSSR count). The number of aromatic hydroxyl groups is 2. The highest BCUT2D eigenvalue weighted by molar-refractivity contribution is 5.89. The van der Waals surface area contributed by atoms with Crippen molar-refractivity contribution in [1.29, 1.82) is 0 Å². The van der Waals surface area contributed by atoms with Crippen molar-refractivity contribution in [2.75, 3.05) is 14.2 Å². The fraction of sp³-hybridized carbons (Fsp3) is 0.296. The highest BCUT2D eigenvalue weighted by Gasteiger charge is 2.60. The van der Waals surface area contributed by atoms with E-state index in [2.05, 4.69) is 0 Å². The molecule has 2 aliphatic rings. The molecular formula is C27H26O11. The normalized spacial score (nSPS) is 24.3. The van der Waals surface area contributed by atoms with Crippen LogP contribution in [0.25, 0.3) is 12.2 Å². The highest BCUT2D eigenvalue weighted by Crippen LogP contribution is 2.41. The summed E-state index contributed by atoms with van der Waals surface area (Å²) in [6.45, 7) is 0. The molecule has 2 fully saturated rings. The van der Waals surface area contributed by atoms with Crippen molar-refractivity contribution in [3.63, 3.8) is 0 Å². The van der Waals surface area contributed by atoms with Gasteiger partial charge in [-0.05, 0) is 47.5 Å². The Morgan fingerprint density at radius 1 is 0.895 bits per heavy atom. The third-order valence-corrected chi connectivity index (χ3v) is 6.20. The molecule has 11 nitrogen and oxygen atoms in total. The minimum absolute atomic E-state index is 0.0618. The Morgan fingerprint density at radius 2 is 1.42 bits per heavy atom. The van der Waals surface area contributed by atoms with Gasteiger partial charge in [-0.15, -0.1) is 0 Å². The largest absolute Gasteiger partial charge is 0.504 e. The summed E-state index contributed by atoms with van der Waals surface area (Å²) in [7, 11) is 2.78. The lowest BCUT2D eigenvalue weighted by Gasteiger charge is -2.35. The van der Waals surface area contributed by atoms with Gasteiger partial charge in [0.15, 0.2) is 34.7 Å². The number of hydrogen-bond donors (Lipinski definition) is 3. The Bertz CT molecular complexity index is 1300. The average molecular weight is 526 g/mol. The topological polar surface area (TPSA) is 158 Å². The maximum atomic E-state index is 12.6. The Hall–Kier alpha value is -4.51. The molecule has 2 aromatic carbocycles. The molecule has 2 aromatic rings. The van der Waals surface area contributed by atoms with E-state index >= 15 is 0 Å². The molecule has 0 amide bonds. The summed E-state index contributed by atoms with van der Waals surface area (Å²) in [6.07, 6.45) is 1.35. The molecule has 0 spiro atoms. The van der Waals surface area contributed by atoms with E-state index in [0.717, 1.165) is 12.2 Å². The van der Waals surface area contributed by atoms with E-state index in [1.54, 1.807) is 12.1 Å². The van der Waals surface area contributed by atoms with E-state index in [1.165, 1.54) is 50.6 Å². The molecule has 1 saturated carbocycles. The Labute approximate surface area is 217 Å². The summed E-state index contributed by atoms with van der Waals surface area (Å²) >= 11 is 0. The number of carbonyl (C=O) groups is 3. The van der Waals surface area contributed by atoms with Gasteiger partial charge in [0.2, 0.25) is 0 Å². The van der Waals surface area contributed by atoms with Crippen molar-refractivity contribution in [3.8, 4) is 23.0 Å². The number of rotatable bonds is 8. The lowest BCUT2D eigenvalue weighted by atomic mass is 9.82. The number of fused-ring (bicyclic) bond motifs is 2. The minimum atomic E-state index is -1.86. The summed E-state index contributed by atoms with van der Waals surface area (Å²) in [5, 5.41) is 30.0. The first-order valence-corrected chi connectivity index (χ1v) is 11.6. The molecule has 1 saturated heterocycles. The molecule has 11 heteroatoms. The number of aliphatic hydroxyl groups is 1. The molecular weight excluding hydrogens is 500 g/mol. The lowest BCUT2D eigenvalue weighted by molar-refractivity contribution is -0.178. The third kappa shape index (κ3) is 5.73. The number of methoxy groups -OCH3 is 2. The molecule has 38 heavy (non-hydrogen) atoms. The summed E-state index contributed by atoms with van der Waals surface area (Å²) in [5.41, 5.74) is -0.775. The van der Waals surface area contributed by atoms with Crippen LogP contribution >= 0.6 is 0 Å². The van der Waals surface area contributed by atoms with Crippen LogP contribution in [0.3, 0.4) is 0 Å². The van der Waals surface area contributed by atoms with Gasteiger partial charge >= 0.3 is 17.9 Å². The van der Waals surface area contributed by atoms with Crippen LogP contribution in [-0.4, -0.2) is 71.4 Å². The molecule has 200 valence electrons. The second-order valence-corrected chi connectivity index (χ2v) is 8.79. The quantitative estimate of drug-likeness (QED) is 0.263. The first-order valence-electron chi connectivity index (χ1n) is 11.6. The van der Waals surface area contributed by atoms with Crippen molar-refractivity contribution < 1.29 is 53.4 Å². The van der Waals surface area contributed by atoms with Gasteiger partial charge in [-0.3, -0.25) is 0 Å². The van der Waals surface area contributed by atoms with Crippen LogP contribution in [-0.2, 0) is 28.6 Å². The van der Waals surface area contributed by atoms with Crippen molar-refractivity contribution in [2.45, 2.75) is 36.8 Å². The molecule has 3 N–H and O–H groups in total. The predicted molar refractivity (Wildman–Crippen MR) is 131 cm³/mol. The van der Waals surface area contributed by atoms with Crippen LogP contribution in [0.5, 0.6) is 23.0 Å². The van der Waals surface area contributed by atoms with Crippen LogP contribution in [0.15, 0.2) is 48.6 Å². The molecule has 0 aromatic heterocycles. The second kappa shape index (κ2) is 10.9. The monoisotopic (exact) mass is 526 g/mol. The van der Waals surface area contributed by atoms with Crippen LogP contribution < -0.4 is 9.47 Å². The summed E-state index contributed by atoms with van der Waals surface area (Å²) in [5.74, 6) is -2.18. The van der Waals surface area contributed by atoms with Crippen molar-refractivity contribution in [2.24, 2.45) is 0 Å². The molecule has 1 aliphatic carbocycles. The van der Waals surface area contributed by atoms with Crippen LogP contribution in [0.4, 0.5) is 0 Å². The summed E-state index contributed by atoms with van der Waals surface area (Å²) < 4.78 is 26.2. The molecule has 4 unspecified atom stereocenters. The maximum Gasteiger partial charge on any atom is 0.338 e. The van der Waals surface area contributed by atoms with E-state index in [1.807, 2.05) is 0 Å².